The molecule has 0 heterocycles. The molecule has 0 unspecified atom stereocenters. The van der Waals surface area contributed by atoms with Gasteiger partial charge in [-0.15, -0.1) is 0 Å². The Hall–Kier alpha value is -1.24. The molecule has 4 nitrogen and oxygen atoms in total. The van der Waals surface area contributed by atoms with Gasteiger partial charge in [0.25, 0.3) is 10.0 Å². The van der Waals surface area contributed by atoms with Crippen LogP contribution in [0.25, 0.3) is 0 Å². The number of nitrogens with two attached hydrogens (primary N) is 1. The lowest BCUT2D eigenvalue weighted by Crippen LogP contribution is -2.13. The Morgan fingerprint density at radius 2 is 1.71 bits per heavy atom. The van der Waals surface area contributed by atoms with E-state index in [2.05, 4.69) is 20.7 Å². The summed E-state index contributed by atoms with van der Waals surface area (Å²) in [6.45, 7) is 3.80. The second-order valence-corrected chi connectivity index (χ2v) is 7.60. The summed E-state index contributed by atoms with van der Waals surface area (Å²) in [6.07, 6.45) is 0. The lowest BCUT2D eigenvalue weighted by atomic mass is 10.1. The first kappa shape index (κ1) is 16.1. The Balaban J connectivity index is 2.39. The molecule has 0 radical (unpaired) electrons. The van der Waals surface area contributed by atoms with Gasteiger partial charge in [0.1, 0.15) is 0 Å². The van der Waals surface area contributed by atoms with E-state index in [1.165, 1.54) is 18.2 Å². The lowest BCUT2D eigenvalue weighted by Gasteiger charge is -2.12. The van der Waals surface area contributed by atoms with Gasteiger partial charge in [-0.3, -0.25) is 4.72 Å². The maximum atomic E-state index is 12.4. The van der Waals surface area contributed by atoms with E-state index in [0.29, 0.717) is 11.4 Å². The maximum absolute atomic E-state index is 12.4. The summed E-state index contributed by atoms with van der Waals surface area (Å²) in [6, 6.07) is 7.73. The number of aryl methyl sites for hydroxylation is 2. The van der Waals surface area contributed by atoms with Crippen LogP contribution in [-0.4, -0.2) is 8.42 Å². The van der Waals surface area contributed by atoms with Crippen LogP contribution in [0.2, 0.25) is 5.02 Å². The molecule has 0 atom stereocenters. The predicted octanol–water partition coefficient (Wildman–Crippen LogP) is 4.10. The van der Waals surface area contributed by atoms with Crippen LogP contribution in [0.4, 0.5) is 11.4 Å². The number of hydrogen-bond acceptors (Lipinski definition) is 3. The molecular weight excluding hydrogens is 376 g/mol. The molecule has 0 aliphatic rings. The number of anilines is 2. The van der Waals surface area contributed by atoms with Crippen LogP contribution in [0.5, 0.6) is 0 Å². The number of rotatable bonds is 3. The van der Waals surface area contributed by atoms with Crippen LogP contribution in [0.3, 0.4) is 0 Å². The molecule has 0 aromatic heterocycles. The Morgan fingerprint density at radius 3 is 2.24 bits per heavy atom. The van der Waals surface area contributed by atoms with Gasteiger partial charge in [-0.1, -0.05) is 27.5 Å². The van der Waals surface area contributed by atoms with Crippen molar-refractivity contribution in [3.8, 4) is 0 Å². The highest BCUT2D eigenvalue weighted by Gasteiger charge is 2.16. The molecule has 2 aromatic carbocycles. The SMILES string of the molecule is Cc1cc(NS(=O)(=O)c2ccc(N)c(Cl)c2)cc(C)c1Br. The van der Waals surface area contributed by atoms with Crippen molar-refractivity contribution >= 4 is 48.9 Å². The molecule has 0 fully saturated rings. The minimum Gasteiger partial charge on any atom is -0.398 e. The van der Waals surface area contributed by atoms with Crippen molar-refractivity contribution in [2.75, 3.05) is 10.5 Å². The molecule has 21 heavy (non-hydrogen) atoms. The molecule has 3 N–H and O–H groups in total. The number of nitrogen functional groups attached to an aromatic ring is 1. The molecule has 0 spiro atoms. The first-order valence-electron chi connectivity index (χ1n) is 6.05. The number of halogens is 2. The van der Waals surface area contributed by atoms with Gasteiger partial charge in [0, 0.05) is 10.2 Å². The van der Waals surface area contributed by atoms with Crippen LogP contribution < -0.4 is 10.5 Å². The zero-order valence-electron chi connectivity index (χ0n) is 11.4. The standard InChI is InChI=1S/C14H14BrClN2O2S/c1-8-5-10(6-9(2)14(8)15)18-21(19,20)11-3-4-13(17)12(16)7-11/h3-7,18H,17H2,1-2H3. The molecule has 0 bridgehead atoms. The van der Waals surface area contributed by atoms with Crippen LogP contribution in [0, 0.1) is 13.8 Å². The van der Waals surface area contributed by atoms with Gasteiger partial charge in [0.15, 0.2) is 0 Å². The molecule has 0 amide bonds. The number of nitrogens with one attached hydrogen (secondary N) is 1. The molecule has 0 saturated carbocycles. The average molecular weight is 390 g/mol. The Morgan fingerprint density at radius 1 is 1.14 bits per heavy atom. The van der Waals surface area contributed by atoms with Crippen molar-refractivity contribution in [3.05, 3.63) is 51.0 Å². The molecule has 0 aliphatic carbocycles. The molecule has 2 rings (SSSR count). The average Bonchev–Trinajstić information content (AvgIpc) is 2.38. The minimum absolute atomic E-state index is 0.0694. The number of sulfonamides is 1. The zero-order chi connectivity index (χ0) is 15.8. The van der Waals surface area contributed by atoms with E-state index in [1.807, 2.05) is 13.8 Å². The Kier molecular flexibility index (Phi) is 4.51. The fourth-order valence-electron chi connectivity index (χ4n) is 1.89. The lowest BCUT2D eigenvalue weighted by molar-refractivity contribution is 0.601. The van der Waals surface area contributed by atoms with Crippen LogP contribution >= 0.6 is 27.5 Å². The van der Waals surface area contributed by atoms with Crippen molar-refractivity contribution in [1.82, 2.24) is 0 Å². The van der Waals surface area contributed by atoms with E-state index in [4.69, 9.17) is 17.3 Å². The van der Waals surface area contributed by atoms with Gasteiger partial charge in [-0.2, -0.15) is 0 Å². The Labute approximate surface area is 137 Å². The zero-order valence-corrected chi connectivity index (χ0v) is 14.6. The first-order chi connectivity index (χ1) is 9.70. The third-order valence-electron chi connectivity index (χ3n) is 2.97. The largest absolute Gasteiger partial charge is 0.398 e. The highest BCUT2D eigenvalue weighted by atomic mass is 79.9. The minimum atomic E-state index is -3.70. The van der Waals surface area contributed by atoms with Crippen LogP contribution in [0.15, 0.2) is 39.7 Å². The van der Waals surface area contributed by atoms with E-state index in [9.17, 15) is 8.42 Å². The summed E-state index contributed by atoms with van der Waals surface area (Å²) in [5, 5.41) is 0.209. The van der Waals surface area contributed by atoms with Crippen LogP contribution in [0.1, 0.15) is 11.1 Å². The molecule has 112 valence electrons. The fourth-order valence-corrected chi connectivity index (χ4v) is 3.43. The fraction of sp³-hybridized carbons (Fsp3) is 0.143. The van der Waals surface area contributed by atoms with Crippen molar-refractivity contribution in [1.29, 1.82) is 0 Å². The predicted molar refractivity (Wildman–Crippen MR) is 90.3 cm³/mol. The van der Waals surface area contributed by atoms with E-state index in [-0.39, 0.29) is 9.92 Å². The van der Waals surface area contributed by atoms with Crippen molar-refractivity contribution in [2.45, 2.75) is 18.7 Å². The summed E-state index contributed by atoms with van der Waals surface area (Å²) in [5.41, 5.74) is 8.32. The van der Waals surface area contributed by atoms with Crippen LogP contribution in [-0.2, 0) is 10.0 Å². The summed E-state index contributed by atoms with van der Waals surface area (Å²) in [5.74, 6) is 0. The topological polar surface area (TPSA) is 72.2 Å². The quantitative estimate of drug-likeness (QED) is 0.776. The maximum Gasteiger partial charge on any atom is 0.261 e. The van der Waals surface area contributed by atoms with Crippen molar-refractivity contribution in [3.63, 3.8) is 0 Å². The summed E-state index contributed by atoms with van der Waals surface area (Å²) in [7, 11) is -3.70. The first-order valence-corrected chi connectivity index (χ1v) is 8.71. The van der Waals surface area contributed by atoms with E-state index in [0.717, 1.165) is 15.6 Å². The molecular formula is C14H14BrClN2O2S. The third-order valence-corrected chi connectivity index (χ3v) is 5.93. The highest BCUT2D eigenvalue weighted by Crippen LogP contribution is 2.28. The number of benzene rings is 2. The van der Waals surface area contributed by atoms with Gasteiger partial charge in [-0.25, -0.2) is 8.42 Å². The molecule has 0 saturated heterocycles. The third kappa shape index (κ3) is 3.51. The smallest absolute Gasteiger partial charge is 0.261 e. The summed E-state index contributed by atoms with van der Waals surface area (Å²) in [4.78, 5) is 0.0694. The highest BCUT2D eigenvalue weighted by molar-refractivity contribution is 9.10. The van der Waals surface area contributed by atoms with E-state index >= 15 is 0 Å². The molecule has 7 heteroatoms. The van der Waals surface area contributed by atoms with Crippen molar-refractivity contribution < 1.29 is 8.42 Å². The van der Waals surface area contributed by atoms with Gasteiger partial charge < -0.3 is 5.73 Å². The van der Waals surface area contributed by atoms with E-state index in [1.54, 1.807) is 12.1 Å². The molecule has 0 aliphatic heterocycles. The summed E-state index contributed by atoms with van der Waals surface area (Å²) < 4.78 is 28.2. The second kappa shape index (κ2) is 5.87. The second-order valence-electron chi connectivity index (χ2n) is 4.71. The monoisotopic (exact) mass is 388 g/mol. The van der Waals surface area contributed by atoms with Gasteiger partial charge in [0.05, 0.1) is 15.6 Å². The van der Waals surface area contributed by atoms with E-state index < -0.39 is 10.0 Å². The van der Waals surface area contributed by atoms with Gasteiger partial charge >= 0.3 is 0 Å². The van der Waals surface area contributed by atoms with Crippen molar-refractivity contribution in [2.24, 2.45) is 0 Å². The van der Waals surface area contributed by atoms with Gasteiger partial charge in [0.2, 0.25) is 0 Å². The summed E-state index contributed by atoms with van der Waals surface area (Å²) >= 11 is 9.32. The normalized spacial score (nSPS) is 11.4. The van der Waals surface area contributed by atoms with Gasteiger partial charge in [-0.05, 0) is 55.3 Å². The Bertz CT molecular complexity index is 784. The molecule has 2 aromatic rings. The number of hydrogen-bond donors (Lipinski definition) is 2.